The van der Waals surface area contributed by atoms with Crippen LogP contribution in [0.15, 0.2) is 6.20 Å². The van der Waals surface area contributed by atoms with E-state index in [1.54, 1.807) is 27.0 Å². The number of rotatable bonds is 2. The third-order valence-corrected chi connectivity index (χ3v) is 4.87. The standard InChI is InChI=1S/C15H16ClN5O2S/c1-14(2,3)23-13(22)21-12-20-10-11(24-12)19-9(7-18-10)15(16)4-8(5-15)6-17/h7-8H,4-5H2,1-3H3,(H,18,20,21,22). The molecule has 24 heavy (non-hydrogen) atoms. The maximum Gasteiger partial charge on any atom is 0.413 e. The van der Waals surface area contributed by atoms with E-state index in [0.717, 1.165) is 0 Å². The number of nitrogens with zero attached hydrogens (tertiary/aromatic N) is 4. The topological polar surface area (TPSA) is 101 Å². The minimum absolute atomic E-state index is 0.0362. The smallest absolute Gasteiger partial charge is 0.413 e. The van der Waals surface area contributed by atoms with Crippen LogP contribution in [0, 0.1) is 17.2 Å². The van der Waals surface area contributed by atoms with Crippen molar-refractivity contribution < 1.29 is 9.53 Å². The Labute approximate surface area is 148 Å². The first kappa shape index (κ1) is 16.9. The highest BCUT2D eigenvalue weighted by atomic mass is 35.5. The van der Waals surface area contributed by atoms with E-state index in [4.69, 9.17) is 21.6 Å². The van der Waals surface area contributed by atoms with E-state index < -0.39 is 16.6 Å². The third kappa shape index (κ3) is 3.42. The number of hydrogen-bond acceptors (Lipinski definition) is 7. The summed E-state index contributed by atoms with van der Waals surface area (Å²) in [5.74, 6) is -0.0362. The van der Waals surface area contributed by atoms with E-state index in [1.165, 1.54) is 11.3 Å². The number of nitrogens with one attached hydrogen (secondary N) is 1. The predicted molar refractivity (Wildman–Crippen MR) is 90.9 cm³/mol. The lowest BCUT2D eigenvalue weighted by Crippen LogP contribution is -2.36. The van der Waals surface area contributed by atoms with Crippen LogP contribution in [0.1, 0.15) is 39.3 Å². The van der Waals surface area contributed by atoms with E-state index in [2.05, 4.69) is 26.3 Å². The van der Waals surface area contributed by atoms with Crippen LogP contribution < -0.4 is 5.32 Å². The molecule has 0 spiro atoms. The van der Waals surface area contributed by atoms with Crippen LogP contribution in [-0.4, -0.2) is 26.6 Å². The Morgan fingerprint density at radius 2 is 2.21 bits per heavy atom. The second kappa shape index (κ2) is 5.83. The van der Waals surface area contributed by atoms with Gasteiger partial charge in [-0.3, -0.25) is 5.32 Å². The van der Waals surface area contributed by atoms with Gasteiger partial charge in [0.05, 0.1) is 28.8 Å². The molecular formula is C15H16ClN5O2S. The van der Waals surface area contributed by atoms with Gasteiger partial charge in [0, 0.05) is 0 Å². The van der Waals surface area contributed by atoms with Crippen LogP contribution in [0.5, 0.6) is 0 Å². The monoisotopic (exact) mass is 365 g/mol. The molecule has 0 saturated heterocycles. The van der Waals surface area contributed by atoms with Crippen molar-refractivity contribution in [1.82, 2.24) is 15.0 Å². The Morgan fingerprint density at radius 1 is 1.50 bits per heavy atom. The van der Waals surface area contributed by atoms with Gasteiger partial charge in [-0.2, -0.15) is 10.2 Å². The zero-order chi connectivity index (χ0) is 17.5. The van der Waals surface area contributed by atoms with Gasteiger partial charge in [0.2, 0.25) is 0 Å². The molecule has 126 valence electrons. The van der Waals surface area contributed by atoms with Crippen LogP contribution in [0.4, 0.5) is 9.93 Å². The summed E-state index contributed by atoms with van der Waals surface area (Å²) in [4.78, 5) is 24.7. The fourth-order valence-corrected chi connectivity index (χ4v) is 3.65. The molecule has 2 aromatic rings. The molecule has 2 heterocycles. The van der Waals surface area contributed by atoms with E-state index in [0.29, 0.717) is 34.1 Å². The maximum atomic E-state index is 11.8. The average molecular weight is 366 g/mol. The molecule has 0 unspecified atom stereocenters. The van der Waals surface area contributed by atoms with Gasteiger partial charge in [0.25, 0.3) is 0 Å². The second-order valence-corrected chi connectivity index (χ2v) is 8.43. The van der Waals surface area contributed by atoms with Crippen molar-refractivity contribution in [3.8, 4) is 6.07 Å². The summed E-state index contributed by atoms with van der Waals surface area (Å²) in [7, 11) is 0. The number of halogens is 1. The Kier molecular flexibility index (Phi) is 4.10. The van der Waals surface area contributed by atoms with Gasteiger partial charge < -0.3 is 4.74 Å². The number of carbonyl (C=O) groups is 1. The van der Waals surface area contributed by atoms with Gasteiger partial charge in [-0.05, 0) is 33.6 Å². The van der Waals surface area contributed by atoms with Crippen molar-refractivity contribution in [2.24, 2.45) is 5.92 Å². The molecule has 0 aliphatic heterocycles. The van der Waals surface area contributed by atoms with Crippen molar-refractivity contribution in [3.63, 3.8) is 0 Å². The lowest BCUT2D eigenvalue weighted by molar-refractivity contribution is 0.0636. The summed E-state index contributed by atoms with van der Waals surface area (Å²) in [6.07, 6.45) is 2.13. The van der Waals surface area contributed by atoms with E-state index in [9.17, 15) is 4.79 Å². The van der Waals surface area contributed by atoms with Crippen LogP contribution in [0.25, 0.3) is 10.5 Å². The van der Waals surface area contributed by atoms with Crippen molar-refractivity contribution in [2.75, 3.05) is 5.32 Å². The van der Waals surface area contributed by atoms with Crippen molar-refractivity contribution in [1.29, 1.82) is 5.26 Å². The summed E-state index contributed by atoms with van der Waals surface area (Å²) >= 11 is 7.71. The molecule has 2 aromatic heterocycles. The van der Waals surface area contributed by atoms with E-state index in [1.807, 2.05) is 0 Å². The summed E-state index contributed by atoms with van der Waals surface area (Å²) in [6.45, 7) is 5.36. The van der Waals surface area contributed by atoms with Crippen LogP contribution in [0.2, 0.25) is 0 Å². The van der Waals surface area contributed by atoms with Gasteiger partial charge in [0.1, 0.15) is 5.60 Å². The van der Waals surface area contributed by atoms with Gasteiger partial charge in [-0.1, -0.05) is 11.3 Å². The third-order valence-electron chi connectivity index (χ3n) is 3.51. The molecule has 3 rings (SSSR count). The van der Waals surface area contributed by atoms with Crippen molar-refractivity contribution in [3.05, 3.63) is 11.9 Å². The molecule has 1 N–H and O–H groups in total. The maximum absolute atomic E-state index is 11.8. The number of fused-ring (bicyclic) bond motifs is 1. The zero-order valence-electron chi connectivity index (χ0n) is 13.5. The SMILES string of the molecule is CC(C)(C)OC(=O)Nc1nc2ncc(C3(Cl)CC(C#N)C3)nc2s1. The first-order valence-corrected chi connectivity index (χ1v) is 8.60. The van der Waals surface area contributed by atoms with E-state index in [-0.39, 0.29) is 5.92 Å². The second-order valence-electron chi connectivity index (χ2n) is 6.73. The fourth-order valence-electron chi connectivity index (χ4n) is 2.40. The quantitative estimate of drug-likeness (QED) is 0.812. The Morgan fingerprint density at radius 3 is 2.83 bits per heavy atom. The highest BCUT2D eigenvalue weighted by Crippen LogP contribution is 2.50. The number of aromatic nitrogens is 3. The summed E-state index contributed by atoms with van der Waals surface area (Å²) in [6, 6.07) is 2.20. The molecule has 1 amide bonds. The van der Waals surface area contributed by atoms with Crippen LogP contribution in [-0.2, 0) is 9.61 Å². The number of carbonyl (C=O) groups excluding carboxylic acids is 1. The molecule has 9 heteroatoms. The molecule has 1 aliphatic carbocycles. The molecule has 0 radical (unpaired) electrons. The number of hydrogen-bond donors (Lipinski definition) is 1. The molecule has 1 saturated carbocycles. The number of ether oxygens (including phenoxy) is 1. The molecule has 7 nitrogen and oxygen atoms in total. The molecule has 1 aliphatic rings. The average Bonchev–Trinajstić information content (AvgIpc) is 2.82. The number of nitriles is 1. The first-order chi connectivity index (χ1) is 11.2. The molecule has 0 bridgehead atoms. The highest BCUT2D eigenvalue weighted by molar-refractivity contribution is 7.21. The van der Waals surface area contributed by atoms with Gasteiger partial charge in [-0.15, -0.1) is 11.6 Å². The fraction of sp³-hybridized carbons (Fsp3) is 0.533. The molecular weight excluding hydrogens is 350 g/mol. The summed E-state index contributed by atoms with van der Waals surface area (Å²) < 4.78 is 5.19. The predicted octanol–water partition coefficient (Wildman–Crippen LogP) is 3.80. The Balaban J connectivity index is 1.78. The minimum atomic E-state index is -0.635. The first-order valence-electron chi connectivity index (χ1n) is 7.41. The minimum Gasteiger partial charge on any atom is -0.444 e. The zero-order valence-corrected chi connectivity index (χ0v) is 15.0. The Bertz CT molecular complexity index is 832. The van der Waals surface area contributed by atoms with Crippen LogP contribution in [0.3, 0.4) is 0 Å². The largest absolute Gasteiger partial charge is 0.444 e. The molecule has 0 atom stereocenters. The number of amides is 1. The number of anilines is 1. The van der Waals surface area contributed by atoms with Crippen LogP contribution >= 0.6 is 22.9 Å². The van der Waals surface area contributed by atoms with E-state index >= 15 is 0 Å². The normalized spacial score (nSPS) is 23.4. The summed E-state index contributed by atoms with van der Waals surface area (Å²) in [5.41, 5.74) is 0.485. The Hall–Kier alpha value is -1.98. The highest BCUT2D eigenvalue weighted by Gasteiger charge is 2.46. The molecule has 0 aromatic carbocycles. The number of thiazole rings is 1. The molecule has 1 fully saturated rings. The number of alkyl halides is 1. The van der Waals surface area contributed by atoms with Gasteiger partial charge in [-0.25, -0.2) is 14.8 Å². The van der Waals surface area contributed by atoms with Crippen molar-refractivity contribution in [2.45, 2.75) is 44.1 Å². The van der Waals surface area contributed by atoms with Gasteiger partial charge in [0.15, 0.2) is 15.6 Å². The van der Waals surface area contributed by atoms with Crippen molar-refractivity contribution >= 4 is 44.6 Å². The van der Waals surface area contributed by atoms with Gasteiger partial charge >= 0.3 is 6.09 Å². The summed E-state index contributed by atoms with van der Waals surface area (Å²) in [5, 5.41) is 11.8. The lowest BCUT2D eigenvalue weighted by Gasteiger charge is -2.38. The lowest BCUT2D eigenvalue weighted by atomic mass is 9.73.